The van der Waals surface area contributed by atoms with E-state index in [-0.39, 0.29) is 6.54 Å². The molecule has 0 bridgehead atoms. The Kier molecular flexibility index (Phi) is 2.69. The molecule has 86 valence electrons. The van der Waals surface area contributed by atoms with Crippen molar-refractivity contribution in [3.05, 3.63) is 33.8 Å². The highest BCUT2D eigenvalue weighted by atomic mass is 79.9. The van der Waals surface area contributed by atoms with Crippen molar-refractivity contribution in [2.24, 2.45) is 0 Å². The van der Waals surface area contributed by atoms with E-state index in [4.69, 9.17) is 0 Å². The van der Waals surface area contributed by atoms with Crippen molar-refractivity contribution in [1.29, 1.82) is 0 Å². The van der Waals surface area contributed by atoms with Crippen LogP contribution in [0.5, 0.6) is 0 Å². The Morgan fingerprint density at radius 1 is 1.38 bits per heavy atom. The summed E-state index contributed by atoms with van der Waals surface area (Å²) in [4.78, 5) is 12.5. The minimum Gasteiger partial charge on any atom is -0.325 e. The first-order valence-corrected chi connectivity index (χ1v) is 5.31. The highest BCUT2D eigenvalue weighted by Gasteiger charge is 2.37. The van der Waals surface area contributed by atoms with Crippen molar-refractivity contribution in [3.63, 3.8) is 0 Å². The minimum atomic E-state index is -4.36. The fourth-order valence-electron chi connectivity index (χ4n) is 1.72. The molecule has 0 spiro atoms. The molecule has 1 aromatic carbocycles. The minimum absolute atomic E-state index is 0.0209. The third-order valence-electron chi connectivity index (χ3n) is 2.33. The second kappa shape index (κ2) is 3.76. The maximum Gasteiger partial charge on any atom is 0.406 e. The molecule has 0 atom stereocenters. The first kappa shape index (κ1) is 11.4. The zero-order chi connectivity index (χ0) is 11.9. The maximum absolute atomic E-state index is 12.2. The second-order valence-corrected chi connectivity index (χ2v) is 4.40. The van der Waals surface area contributed by atoms with Gasteiger partial charge in [-0.2, -0.15) is 13.2 Å². The first-order chi connectivity index (χ1) is 7.38. The topological polar surface area (TPSA) is 20.3 Å². The van der Waals surface area contributed by atoms with Crippen molar-refractivity contribution < 1.29 is 18.0 Å². The highest BCUT2D eigenvalue weighted by Crippen LogP contribution is 2.31. The molecule has 0 saturated heterocycles. The van der Waals surface area contributed by atoms with Crippen molar-refractivity contribution in [1.82, 2.24) is 4.90 Å². The van der Waals surface area contributed by atoms with Crippen LogP contribution in [0.3, 0.4) is 0 Å². The molecule has 0 unspecified atom stereocenters. The summed E-state index contributed by atoms with van der Waals surface area (Å²) in [7, 11) is 0. The van der Waals surface area contributed by atoms with Gasteiger partial charge in [0.05, 0.1) is 5.56 Å². The van der Waals surface area contributed by atoms with Gasteiger partial charge in [0, 0.05) is 11.0 Å². The molecule has 0 radical (unpaired) electrons. The Morgan fingerprint density at radius 3 is 2.62 bits per heavy atom. The molecular weight excluding hydrogens is 287 g/mol. The third-order valence-corrected chi connectivity index (χ3v) is 2.99. The zero-order valence-corrected chi connectivity index (χ0v) is 9.60. The van der Waals surface area contributed by atoms with Crippen molar-refractivity contribution in [2.45, 2.75) is 12.7 Å². The molecule has 0 aromatic heterocycles. The van der Waals surface area contributed by atoms with Crippen LogP contribution in [0.4, 0.5) is 13.2 Å². The molecule has 0 saturated carbocycles. The van der Waals surface area contributed by atoms with Gasteiger partial charge in [0.1, 0.15) is 6.54 Å². The number of alkyl halides is 3. The molecule has 1 aliphatic heterocycles. The Balaban J connectivity index is 2.28. The average Bonchev–Trinajstić information content (AvgIpc) is 2.42. The molecule has 16 heavy (non-hydrogen) atoms. The molecule has 0 fully saturated rings. The summed E-state index contributed by atoms with van der Waals surface area (Å²) >= 11 is 3.17. The van der Waals surface area contributed by atoms with Crippen LogP contribution in [-0.2, 0) is 6.54 Å². The maximum atomic E-state index is 12.2. The first-order valence-electron chi connectivity index (χ1n) is 4.52. The van der Waals surface area contributed by atoms with Gasteiger partial charge in [0.25, 0.3) is 5.91 Å². The van der Waals surface area contributed by atoms with E-state index < -0.39 is 18.6 Å². The van der Waals surface area contributed by atoms with E-state index in [2.05, 4.69) is 15.9 Å². The van der Waals surface area contributed by atoms with Crippen LogP contribution in [0.15, 0.2) is 22.7 Å². The molecule has 1 amide bonds. The highest BCUT2D eigenvalue weighted by molar-refractivity contribution is 9.10. The summed E-state index contributed by atoms with van der Waals surface area (Å²) in [6.07, 6.45) is -4.36. The lowest BCUT2D eigenvalue weighted by molar-refractivity contribution is -0.140. The summed E-state index contributed by atoms with van der Waals surface area (Å²) in [5, 5.41) is 0. The van der Waals surface area contributed by atoms with E-state index in [1.165, 1.54) is 0 Å². The number of carbonyl (C=O) groups excluding carboxylic acids is 1. The van der Waals surface area contributed by atoms with Gasteiger partial charge in [-0.25, -0.2) is 0 Å². The van der Waals surface area contributed by atoms with Crippen LogP contribution in [0.2, 0.25) is 0 Å². The Morgan fingerprint density at radius 2 is 2.06 bits per heavy atom. The van der Waals surface area contributed by atoms with Gasteiger partial charge in [0.15, 0.2) is 0 Å². The molecule has 1 aromatic rings. The van der Waals surface area contributed by atoms with E-state index in [0.29, 0.717) is 15.6 Å². The fourth-order valence-corrected chi connectivity index (χ4v) is 2.30. The zero-order valence-electron chi connectivity index (χ0n) is 8.01. The summed E-state index contributed by atoms with van der Waals surface area (Å²) in [5.41, 5.74) is 0.968. The third kappa shape index (κ3) is 2.07. The number of hydrogen-bond donors (Lipinski definition) is 0. The number of carbonyl (C=O) groups is 1. The van der Waals surface area contributed by atoms with E-state index in [1.807, 2.05) is 0 Å². The van der Waals surface area contributed by atoms with Gasteiger partial charge in [-0.3, -0.25) is 4.79 Å². The lowest BCUT2D eigenvalue weighted by Gasteiger charge is -2.17. The molecule has 0 aliphatic carbocycles. The van der Waals surface area contributed by atoms with Crippen molar-refractivity contribution in [2.75, 3.05) is 6.54 Å². The molecule has 2 nitrogen and oxygen atoms in total. The number of hydrogen-bond acceptors (Lipinski definition) is 1. The quantitative estimate of drug-likeness (QED) is 0.780. The van der Waals surface area contributed by atoms with Crippen LogP contribution in [0, 0.1) is 0 Å². The summed E-state index contributed by atoms with van der Waals surface area (Å²) in [6.45, 7) is -1.18. The SMILES string of the molecule is O=C1c2c(Br)cccc2CN1CC(F)(F)F. The van der Waals surface area contributed by atoms with E-state index in [9.17, 15) is 18.0 Å². The monoisotopic (exact) mass is 293 g/mol. The van der Waals surface area contributed by atoms with E-state index in [0.717, 1.165) is 4.90 Å². The van der Waals surface area contributed by atoms with Gasteiger partial charge in [-0.1, -0.05) is 12.1 Å². The number of amides is 1. The largest absolute Gasteiger partial charge is 0.406 e. The Hall–Kier alpha value is -1.04. The van der Waals surface area contributed by atoms with Gasteiger partial charge >= 0.3 is 6.18 Å². The fraction of sp³-hybridized carbons (Fsp3) is 0.300. The smallest absolute Gasteiger partial charge is 0.325 e. The van der Waals surface area contributed by atoms with Gasteiger partial charge in [-0.15, -0.1) is 0 Å². The molecule has 1 aliphatic rings. The van der Waals surface area contributed by atoms with Crippen LogP contribution in [0.1, 0.15) is 15.9 Å². The molecular formula is C10H7BrF3NO. The van der Waals surface area contributed by atoms with E-state index in [1.54, 1.807) is 18.2 Å². The van der Waals surface area contributed by atoms with Crippen LogP contribution in [0.25, 0.3) is 0 Å². The van der Waals surface area contributed by atoms with Crippen LogP contribution < -0.4 is 0 Å². The summed E-state index contributed by atoms with van der Waals surface area (Å²) < 4.78 is 37.1. The predicted molar refractivity (Wildman–Crippen MR) is 54.9 cm³/mol. The van der Waals surface area contributed by atoms with Crippen LogP contribution in [-0.4, -0.2) is 23.5 Å². The van der Waals surface area contributed by atoms with Crippen molar-refractivity contribution >= 4 is 21.8 Å². The van der Waals surface area contributed by atoms with Gasteiger partial charge in [-0.05, 0) is 27.6 Å². The van der Waals surface area contributed by atoms with Crippen molar-refractivity contribution in [3.8, 4) is 0 Å². The van der Waals surface area contributed by atoms with Crippen LogP contribution >= 0.6 is 15.9 Å². The molecule has 0 N–H and O–H groups in total. The standard InChI is InChI=1S/C10H7BrF3NO/c11-7-3-1-2-6-4-15(5-10(12,13)14)9(16)8(6)7/h1-3H,4-5H2. The number of nitrogens with zero attached hydrogens (tertiary/aromatic N) is 1. The second-order valence-electron chi connectivity index (χ2n) is 3.55. The molecule has 1 heterocycles. The Bertz CT molecular complexity index is 444. The van der Waals surface area contributed by atoms with Gasteiger partial charge < -0.3 is 4.90 Å². The molecule has 6 heteroatoms. The number of benzene rings is 1. The molecule has 2 rings (SSSR count). The number of halogens is 4. The number of rotatable bonds is 1. The average molecular weight is 294 g/mol. The number of fused-ring (bicyclic) bond motifs is 1. The summed E-state index contributed by atoms with van der Waals surface area (Å²) in [6, 6.07) is 5.01. The lowest BCUT2D eigenvalue weighted by atomic mass is 10.1. The predicted octanol–water partition coefficient (Wildman–Crippen LogP) is 2.97. The van der Waals surface area contributed by atoms with Gasteiger partial charge in [0.2, 0.25) is 0 Å². The summed E-state index contributed by atoms with van der Waals surface area (Å²) in [5.74, 6) is -0.570. The normalized spacial score (nSPS) is 15.5. The van der Waals surface area contributed by atoms with E-state index >= 15 is 0 Å². The Labute approximate surface area is 98.2 Å². The lowest BCUT2D eigenvalue weighted by Crippen LogP contribution is -2.34.